The highest BCUT2D eigenvalue weighted by Crippen LogP contribution is 2.33. The van der Waals surface area contributed by atoms with Crippen LogP contribution in [0.2, 0.25) is 5.02 Å². The number of hydrogen-bond acceptors (Lipinski definition) is 8. The predicted octanol–water partition coefficient (Wildman–Crippen LogP) is 2.98. The van der Waals surface area contributed by atoms with E-state index in [1.165, 1.54) is 54.3 Å². The van der Waals surface area contributed by atoms with E-state index < -0.39 is 23.5 Å². The normalized spacial score (nSPS) is 16.0. The zero-order chi connectivity index (χ0) is 39.6. The summed E-state index contributed by atoms with van der Waals surface area (Å²) in [5, 5.41) is 18.2. The first kappa shape index (κ1) is 39.5. The van der Waals surface area contributed by atoms with Gasteiger partial charge in [0.25, 0.3) is 11.8 Å². The monoisotopic (exact) mass is 780 g/mol. The molecule has 55 heavy (non-hydrogen) atoms. The highest BCUT2D eigenvalue weighted by Gasteiger charge is 2.36. The average Bonchev–Trinajstić information content (AvgIpc) is 3.72. The maximum atomic E-state index is 15.5. The average molecular weight is 781 g/mol. The number of benzene rings is 2. The number of methoxy groups -OCH3 is 1. The summed E-state index contributed by atoms with van der Waals surface area (Å²) in [6.45, 7) is 5.30. The van der Waals surface area contributed by atoms with Gasteiger partial charge in [0.1, 0.15) is 6.54 Å². The van der Waals surface area contributed by atoms with Gasteiger partial charge in [0.05, 0.1) is 81.0 Å². The summed E-state index contributed by atoms with van der Waals surface area (Å²) in [4.78, 5) is 58.6. The molecule has 4 aromatic rings. The van der Waals surface area contributed by atoms with Crippen molar-refractivity contribution in [3.63, 3.8) is 0 Å². The Labute approximate surface area is 321 Å². The van der Waals surface area contributed by atoms with Crippen molar-refractivity contribution >= 4 is 41.0 Å². The maximum Gasteiger partial charge on any atom is 0.291 e. The van der Waals surface area contributed by atoms with Crippen LogP contribution in [-0.2, 0) is 27.9 Å². The first-order valence-corrected chi connectivity index (χ1v) is 18.3. The van der Waals surface area contributed by atoms with Gasteiger partial charge in [0.2, 0.25) is 5.91 Å². The Morgan fingerprint density at radius 2 is 1.65 bits per heavy atom. The van der Waals surface area contributed by atoms with Crippen molar-refractivity contribution in [1.82, 2.24) is 29.1 Å². The molecule has 2 saturated heterocycles. The van der Waals surface area contributed by atoms with Crippen LogP contribution in [0.1, 0.15) is 39.5 Å². The van der Waals surface area contributed by atoms with Crippen LogP contribution >= 0.6 is 11.6 Å². The quantitative estimate of drug-likeness (QED) is 0.228. The summed E-state index contributed by atoms with van der Waals surface area (Å²) in [6.07, 6.45) is 3.75. The molecule has 0 atom stereocenters. The molecule has 0 unspecified atom stereocenters. The number of carboxylic acid groups (broad SMARTS) is 1. The Morgan fingerprint density at radius 3 is 2.31 bits per heavy atom. The molecule has 17 heteroatoms. The number of halogens is 3. The third kappa shape index (κ3) is 8.26. The third-order valence-electron chi connectivity index (χ3n) is 10.7. The van der Waals surface area contributed by atoms with E-state index in [0.29, 0.717) is 86.7 Å². The lowest BCUT2D eigenvalue weighted by atomic mass is 9.94. The Balaban J connectivity index is 1.06. The minimum absolute atomic E-state index is 0.0218. The fraction of sp³-hybridized carbons (Fsp3) is 0.421. The van der Waals surface area contributed by atoms with Crippen LogP contribution in [0.3, 0.4) is 0 Å². The van der Waals surface area contributed by atoms with E-state index in [-0.39, 0.29) is 57.5 Å². The summed E-state index contributed by atoms with van der Waals surface area (Å²) in [6, 6.07) is 7.39. The fourth-order valence-corrected chi connectivity index (χ4v) is 7.55. The van der Waals surface area contributed by atoms with Gasteiger partial charge in [0.15, 0.2) is 17.5 Å². The number of anilines is 1. The molecule has 2 aliphatic rings. The van der Waals surface area contributed by atoms with Crippen LogP contribution in [-0.4, -0.2) is 124 Å². The number of amides is 3. The molecule has 0 bridgehead atoms. The van der Waals surface area contributed by atoms with E-state index in [9.17, 15) is 24.3 Å². The number of nitrogens with one attached hydrogen (secondary N) is 1. The number of nitrogens with zero attached hydrogens (tertiary/aromatic N) is 7. The molecule has 292 valence electrons. The second-order valence-corrected chi connectivity index (χ2v) is 14.7. The number of carboxylic acids is 1. The van der Waals surface area contributed by atoms with Gasteiger partial charge in [0, 0.05) is 61.2 Å². The Kier molecular flexibility index (Phi) is 11.7. The van der Waals surface area contributed by atoms with Gasteiger partial charge in [-0.25, -0.2) is 13.8 Å². The van der Waals surface area contributed by atoms with Crippen LogP contribution < -0.4 is 10.4 Å². The Bertz CT molecular complexity index is 2120. The van der Waals surface area contributed by atoms with Gasteiger partial charge in [-0.2, -0.15) is 5.10 Å². The number of ether oxygens (including phenoxy) is 1. The molecule has 4 heterocycles. The smallest absolute Gasteiger partial charge is 0.291 e. The number of piperidine rings is 1. The first-order valence-electron chi connectivity index (χ1n) is 18.0. The molecule has 14 nitrogen and oxygen atoms in total. The largest absolute Gasteiger partial charge is 0.544 e. The lowest BCUT2D eigenvalue weighted by Gasteiger charge is -2.43. The fourth-order valence-electron chi connectivity index (χ4n) is 7.29. The number of aliphatic carboxylic acids is 1. The van der Waals surface area contributed by atoms with Crippen LogP contribution in [0.5, 0.6) is 0 Å². The molecule has 2 fully saturated rings. The van der Waals surface area contributed by atoms with E-state index in [2.05, 4.69) is 15.4 Å². The van der Waals surface area contributed by atoms with Gasteiger partial charge < -0.3 is 38.8 Å². The molecule has 2 aromatic carbocycles. The molecule has 3 amide bonds. The summed E-state index contributed by atoms with van der Waals surface area (Å²) in [5.41, 5.74) is 1.79. The van der Waals surface area contributed by atoms with E-state index in [4.69, 9.17) is 16.3 Å². The minimum atomic E-state index is -1.11. The van der Waals surface area contributed by atoms with E-state index in [1.54, 1.807) is 28.5 Å². The lowest BCUT2D eigenvalue weighted by molar-refractivity contribution is -0.907. The molecular weight excluding hydrogens is 738 g/mol. The minimum Gasteiger partial charge on any atom is -0.544 e. The van der Waals surface area contributed by atoms with Crippen LogP contribution in [0.4, 0.5) is 14.5 Å². The number of piperazine rings is 1. The van der Waals surface area contributed by atoms with Crippen molar-refractivity contribution in [2.24, 2.45) is 13.0 Å². The predicted molar refractivity (Wildman–Crippen MR) is 197 cm³/mol. The number of likely N-dealkylation sites (N-methyl/N-ethyl adjacent to an activating group) is 1. The highest BCUT2D eigenvalue weighted by molar-refractivity contribution is 6.34. The molecule has 2 aliphatic heterocycles. The molecule has 0 radical (unpaired) electrons. The molecule has 0 saturated carbocycles. The number of likely N-dealkylation sites (tertiary alicyclic amines) is 1. The number of imidazole rings is 1. The maximum absolute atomic E-state index is 15.5. The highest BCUT2D eigenvalue weighted by atomic mass is 35.5. The third-order valence-corrected chi connectivity index (χ3v) is 11.0. The zero-order valence-corrected chi connectivity index (χ0v) is 31.9. The standard InChI is InChI=1S/C38H43ClF2N8O6/c1-23-29(20-43-48(23)15-18-55-4)26-7-8-28(34(41)33(26)40)31-21-42-35(45(31)2)36(52)44-25-5-6-27(30(39)19-25)38(54)46-11-9-24(10-12-46)37(53)47-13-16-49(3,17-14-47)22-32(50)51/h5-8,19-21,24H,9-18,22H2,1-4H3,(H-,44,50,51,52,54). The summed E-state index contributed by atoms with van der Waals surface area (Å²) in [7, 11) is 4.93. The summed E-state index contributed by atoms with van der Waals surface area (Å²) >= 11 is 6.54. The molecular formula is C38H43ClF2N8O6. The molecule has 2 aromatic heterocycles. The SMILES string of the molecule is COCCn1ncc(-c2ccc(-c3cnc(C(=O)Nc4ccc(C(=O)N5CCC(C(=O)N6CC[N+](C)(CC(=O)[O-])CC6)CC5)c(Cl)c4)n3C)c(F)c2F)c1C. The van der Waals surface area contributed by atoms with Gasteiger partial charge in [-0.05, 0) is 44.0 Å². The van der Waals surface area contributed by atoms with Crippen molar-refractivity contribution in [2.45, 2.75) is 26.3 Å². The second kappa shape index (κ2) is 16.3. The van der Waals surface area contributed by atoms with Gasteiger partial charge >= 0.3 is 0 Å². The first-order chi connectivity index (χ1) is 26.2. The van der Waals surface area contributed by atoms with E-state index in [1.807, 2.05) is 7.05 Å². The van der Waals surface area contributed by atoms with Crippen LogP contribution in [0.15, 0.2) is 42.7 Å². The number of carbonyl (C=O) groups excluding carboxylic acids is 4. The topological polar surface area (TPSA) is 155 Å². The van der Waals surface area contributed by atoms with Crippen LogP contribution in [0.25, 0.3) is 22.4 Å². The second-order valence-electron chi connectivity index (χ2n) is 14.3. The lowest BCUT2D eigenvalue weighted by Crippen LogP contribution is -2.62. The van der Waals surface area contributed by atoms with E-state index in [0.717, 1.165) is 0 Å². The van der Waals surface area contributed by atoms with Crippen molar-refractivity contribution in [3.8, 4) is 22.4 Å². The van der Waals surface area contributed by atoms with Gasteiger partial charge in [-0.3, -0.25) is 19.1 Å². The number of quaternary nitrogens is 1. The summed E-state index contributed by atoms with van der Waals surface area (Å²) < 4.78 is 39.4. The zero-order valence-electron chi connectivity index (χ0n) is 31.1. The summed E-state index contributed by atoms with van der Waals surface area (Å²) in [5.74, 6) is -4.48. The molecule has 6 rings (SSSR count). The molecule has 0 spiro atoms. The number of aromatic nitrogens is 4. The Morgan fingerprint density at radius 1 is 0.982 bits per heavy atom. The van der Waals surface area contributed by atoms with Gasteiger partial charge in [-0.1, -0.05) is 17.7 Å². The van der Waals surface area contributed by atoms with Crippen molar-refractivity contribution < 1.29 is 42.3 Å². The Hall–Kier alpha value is -5.19. The van der Waals surface area contributed by atoms with Crippen molar-refractivity contribution in [2.75, 3.05) is 71.9 Å². The van der Waals surface area contributed by atoms with Crippen molar-refractivity contribution in [3.05, 3.63) is 76.5 Å². The van der Waals surface area contributed by atoms with Crippen LogP contribution in [0, 0.1) is 24.5 Å². The molecule has 1 N–H and O–H groups in total. The molecule has 0 aliphatic carbocycles. The van der Waals surface area contributed by atoms with E-state index >= 15 is 8.78 Å². The van der Waals surface area contributed by atoms with Gasteiger partial charge in [-0.15, -0.1) is 0 Å². The number of hydrogen-bond donors (Lipinski definition) is 1. The number of rotatable bonds is 11. The van der Waals surface area contributed by atoms with Crippen molar-refractivity contribution in [1.29, 1.82) is 0 Å². The number of carbonyl (C=O) groups is 4.